The summed E-state index contributed by atoms with van der Waals surface area (Å²) in [5.41, 5.74) is 1.92. The Kier molecular flexibility index (Phi) is 3.27. The average Bonchev–Trinajstić information content (AvgIpc) is 2.77. The number of aromatic nitrogens is 1. The standard InChI is InChI=1S/C15H21N3O/c1-3-4-14(19)13-6-5-11-7-12-9-16-8-10(2)18(12)15(11)17-13/h5-6,10,12,16H,3-4,7-9H2,1-2H3/t10-,12-/m1/s1. The highest BCUT2D eigenvalue weighted by Gasteiger charge is 2.36. The molecule has 2 atom stereocenters. The summed E-state index contributed by atoms with van der Waals surface area (Å²) in [6.45, 7) is 6.25. The van der Waals surface area contributed by atoms with Crippen molar-refractivity contribution in [1.82, 2.24) is 10.3 Å². The van der Waals surface area contributed by atoms with Crippen LogP contribution in [0, 0.1) is 0 Å². The molecule has 0 aromatic carbocycles. The van der Waals surface area contributed by atoms with Crippen LogP contribution in [0.3, 0.4) is 0 Å². The maximum atomic E-state index is 12.0. The van der Waals surface area contributed by atoms with Crippen LogP contribution in [0.15, 0.2) is 12.1 Å². The Bertz CT molecular complexity index is 500. The summed E-state index contributed by atoms with van der Waals surface area (Å²) < 4.78 is 0. The van der Waals surface area contributed by atoms with E-state index in [4.69, 9.17) is 0 Å². The molecule has 19 heavy (non-hydrogen) atoms. The molecule has 0 bridgehead atoms. The number of rotatable bonds is 3. The number of hydrogen-bond acceptors (Lipinski definition) is 4. The van der Waals surface area contributed by atoms with E-state index in [9.17, 15) is 4.79 Å². The Hall–Kier alpha value is -1.42. The summed E-state index contributed by atoms with van der Waals surface area (Å²) in [5, 5.41) is 3.46. The van der Waals surface area contributed by atoms with Crippen molar-refractivity contribution in [2.24, 2.45) is 0 Å². The van der Waals surface area contributed by atoms with Gasteiger partial charge >= 0.3 is 0 Å². The van der Waals surface area contributed by atoms with Crippen molar-refractivity contribution >= 4 is 11.6 Å². The molecule has 2 aliphatic heterocycles. The Morgan fingerprint density at radius 1 is 1.47 bits per heavy atom. The molecule has 4 heteroatoms. The van der Waals surface area contributed by atoms with Crippen LogP contribution in [0.5, 0.6) is 0 Å². The summed E-state index contributed by atoms with van der Waals surface area (Å²) in [7, 11) is 0. The van der Waals surface area contributed by atoms with Crippen LogP contribution in [-0.2, 0) is 6.42 Å². The highest BCUT2D eigenvalue weighted by atomic mass is 16.1. The highest BCUT2D eigenvalue weighted by molar-refractivity contribution is 5.94. The van der Waals surface area contributed by atoms with E-state index >= 15 is 0 Å². The number of pyridine rings is 1. The number of hydrogen-bond donors (Lipinski definition) is 1. The van der Waals surface area contributed by atoms with Crippen LogP contribution in [0.2, 0.25) is 0 Å². The minimum absolute atomic E-state index is 0.163. The monoisotopic (exact) mass is 259 g/mol. The molecule has 4 nitrogen and oxygen atoms in total. The maximum absolute atomic E-state index is 12.0. The molecule has 0 aliphatic carbocycles. The molecule has 3 heterocycles. The molecule has 1 saturated heterocycles. The van der Waals surface area contributed by atoms with Gasteiger partial charge in [-0.1, -0.05) is 13.0 Å². The number of fused-ring (bicyclic) bond motifs is 3. The molecule has 0 amide bonds. The van der Waals surface area contributed by atoms with E-state index in [0.29, 0.717) is 24.2 Å². The maximum Gasteiger partial charge on any atom is 0.181 e. The summed E-state index contributed by atoms with van der Waals surface area (Å²) in [6.07, 6.45) is 2.51. The van der Waals surface area contributed by atoms with Gasteiger partial charge in [0, 0.05) is 31.6 Å². The first-order valence-electron chi connectivity index (χ1n) is 7.23. The third-order valence-corrected chi connectivity index (χ3v) is 4.11. The van der Waals surface area contributed by atoms with Gasteiger partial charge in [-0.2, -0.15) is 0 Å². The van der Waals surface area contributed by atoms with Gasteiger partial charge in [0.1, 0.15) is 11.5 Å². The van der Waals surface area contributed by atoms with Crippen molar-refractivity contribution in [2.45, 2.75) is 45.2 Å². The van der Waals surface area contributed by atoms with E-state index in [1.54, 1.807) is 0 Å². The Balaban J connectivity index is 1.93. The topological polar surface area (TPSA) is 45.2 Å². The van der Waals surface area contributed by atoms with Gasteiger partial charge in [0.2, 0.25) is 0 Å². The Morgan fingerprint density at radius 3 is 3.11 bits per heavy atom. The van der Waals surface area contributed by atoms with Gasteiger partial charge < -0.3 is 10.2 Å². The zero-order valence-corrected chi connectivity index (χ0v) is 11.6. The third-order valence-electron chi connectivity index (χ3n) is 4.11. The van der Waals surface area contributed by atoms with Crippen molar-refractivity contribution in [3.8, 4) is 0 Å². The third kappa shape index (κ3) is 2.14. The predicted octanol–water partition coefficient (Wildman–Crippen LogP) is 1.79. The van der Waals surface area contributed by atoms with E-state index in [-0.39, 0.29) is 5.78 Å². The molecule has 0 saturated carbocycles. The lowest BCUT2D eigenvalue weighted by Gasteiger charge is -2.37. The molecule has 1 N–H and O–H groups in total. The fourth-order valence-corrected chi connectivity index (χ4v) is 3.19. The van der Waals surface area contributed by atoms with Crippen LogP contribution >= 0.6 is 0 Å². The van der Waals surface area contributed by atoms with Crippen molar-refractivity contribution in [2.75, 3.05) is 18.0 Å². The first-order chi connectivity index (χ1) is 9.20. The lowest BCUT2D eigenvalue weighted by Crippen LogP contribution is -2.55. The molecule has 0 unspecified atom stereocenters. The second-order valence-electron chi connectivity index (χ2n) is 5.62. The van der Waals surface area contributed by atoms with Crippen LogP contribution in [0.4, 0.5) is 5.82 Å². The van der Waals surface area contributed by atoms with Crippen LogP contribution < -0.4 is 10.2 Å². The fourth-order valence-electron chi connectivity index (χ4n) is 3.19. The number of ketones is 1. The van der Waals surface area contributed by atoms with Gasteiger partial charge in [0.05, 0.1) is 0 Å². The van der Waals surface area contributed by atoms with Crippen molar-refractivity contribution in [3.63, 3.8) is 0 Å². The molecule has 3 rings (SSSR count). The molecule has 1 aromatic heterocycles. The minimum Gasteiger partial charge on any atom is -0.348 e. The van der Waals surface area contributed by atoms with Gasteiger partial charge in [0.25, 0.3) is 0 Å². The predicted molar refractivity (Wildman–Crippen MR) is 75.8 cm³/mol. The molecule has 2 aliphatic rings. The summed E-state index contributed by atoms with van der Waals surface area (Å²) >= 11 is 0. The van der Waals surface area contributed by atoms with Gasteiger partial charge in [-0.25, -0.2) is 4.98 Å². The number of nitrogens with one attached hydrogen (secondary N) is 1. The lowest BCUT2D eigenvalue weighted by molar-refractivity contribution is 0.0977. The first-order valence-corrected chi connectivity index (χ1v) is 7.23. The number of piperazine rings is 1. The summed E-state index contributed by atoms with van der Waals surface area (Å²) in [6, 6.07) is 4.94. The second-order valence-corrected chi connectivity index (χ2v) is 5.62. The zero-order chi connectivity index (χ0) is 13.4. The highest BCUT2D eigenvalue weighted by Crippen LogP contribution is 2.33. The average molecular weight is 259 g/mol. The number of carbonyl (C=O) groups is 1. The molecular weight excluding hydrogens is 238 g/mol. The van der Waals surface area contributed by atoms with E-state index in [2.05, 4.69) is 28.2 Å². The minimum atomic E-state index is 0.163. The Morgan fingerprint density at radius 2 is 2.32 bits per heavy atom. The quantitative estimate of drug-likeness (QED) is 0.841. The second kappa shape index (κ2) is 4.93. The summed E-state index contributed by atoms with van der Waals surface area (Å²) in [5.74, 6) is 1.21. The number of Topliss-reactive ketones (excluding diaryl/α,β-unsaturated/α-hetero) is 1. The molecular formula is C15H21N3O. The normalized spacial score (nSPS) is 25.1. The SMILES string of the molecule is CCCC(=O)c1ccc2c(n1)N1[C@@H](CNC[C@H]1C)C2. The molecule has 1 fully saturated rings. The largest absolute Gasteiger partial charge is 0.348 e. The Labute approximate surface area is 114 Å². The van der Waals surface area contributed by atoms with E-state index < -0.39 is 0 Å². The van der Waals surface area contributed by atoms with Gasteiger partial charge in [0.15, 0.2) is 5.78 Å². The van der Waals surface area contributed by atoms with E-state index in [1.165, 1.54) is 5.56 Å². The van der Waals surface area contributed by atoms with Gasteiger partial charge in [-0.3, -0.25) is 4.79 Å². The smallest absolute Gasteiger partial charge is 0.181 e. The molecule has 0 spiro atoms. The molecule has 0 radical (unpaired) electrons. The lowest BCUT2D eigenvalue weighted by atomic mass is 10.1. The van der Waals surface area contributed by atoms with Crippen molar-refractivity contribution in [3.05, 3.63) is 23.4 Å². The number of nitrogens with zero attached hydrogens (tertiary/aromatic N) is 2. The summed E-state index contributed by atoms with van der Waals surface area (Å²) in [4.78, 5) is 19.0. The first kappa shape index (κ1) is 12.6. The van der Waals surface area contributed by atoms with Crippen molar-refractivity contribution < 1.29 is 4.79 Å². The molecule has 1 aromatic rings. The van der Waals surface area contributed by atoms with Crippen LogP contribution in [0.1, 0.15) is 42.7 Å². The van der Waals surface area contributed by atoms with Crippen molar-refractivity contribution in [1.29, 1.82) is 0 Å². The van der Waals surface area contributed by atoms with E-state index in [1.807, 2.05) is 13.0 Å². The van der Waals surface area contributed by atoms with Gasteiger partial charge in [-0.05, 0) is 31.4 Å². The number of anilines is 1. The van der Waals surface area contributed by atoms with Gasteiger partial charge in [-0.15, -0.1) is 0 Å². The van der Waals surface area contributed by atoms with E-state index in [0.717, 1.165) is 31.7 Å². The zero-order valence-electron chi connectivity index (χ0n) is 11.6. The van der Waals surface area contributed by atoms with Crippen LogP contribution in [-0.4, -0.2) is 35.9 Å². The van der Waals surface area contributed by atoms with Crippen LogP contribution in [0.25, 0.3) is 0 Å². The fraction of sp³-hybridized carbons (Fsp3) is 0.600. The molecule has 102 valence electrons. The number of carbonyl (C=O) groups excluding carboxylic acids is 1.